The van der Waals surface area contributed by atoms with Crippen molar-refractivity contribution in [3.63, 3.8) is 0 Å². The number of anilines is 1. The molecular formula is C27H19F5N6O. The van der Waals surface area contributed by atoms with E-state index in [0.717, 1.165) is 34.2 Å². The second-order valence-corrected chi connectivity index (χ2v) is 8.63. The average molecular weight is 538 g/mol. The van der Waals surface area contributed by atoms with Gasteiger partial charge in [-0.05, 0) is 41.0 Å². The van der Waals surface area contributed by atoms with Crippen molar-refractivity contribution in [3.05, 3.63) is 107 Å². The minimum atomic E-state index is -4.72. The Morgan fingerprint density at radius 3 is 2.33 bits per heavy atom. The molecule has 0 spiro atoms. The average Bonchev–Trinajstić information content (AvgIpc) is 3.40. The number of H-pyrrole nitrogens is 1. The van der Waals surface area contributed by atoms with Crippen LogP contribution in [0.15, 0.2) is 73.2 Å². The predicted molar refractivity (Wildman–Crippen MR) is 133 cm³/mol. The molecule has 0 atom stereocenters. The zero-order valence-corrected chi connectivity index (χ0v) is 20.0. The predicted octanol–water partition coefficient (Wildman–Crippen LogP) is 5.86. The zero-order valence-electron chi connectivity index (χ0n) is 20.0. The Hall–Kier alpha value is -4.87. The second-order valence-electron chi connectivity index (χ2n) is 8.63. The summed E-state index contributed by atoms with van der Waals surface area (Å²) in [6.07, 6.45) is -0.695. The van der Waals surface area contributed by atoms with E-state index in [2.05, 4.69) is 30.8 Å². The van der Waals surface area contributed by atoms with E-state index in [1.54, 1.807) is 12.4 Å². The van der Waals surface area contributed by atoms with Crippen LogP contribution in [0, 0.1) is 11.6 Å². The summed E-state index contributed by atoms with van der Waals surface area (Å²) in [5, 5.41) is 12.9. The largest absolute Gasteiger partial charge is 0.417 e. The molecular weight excluding hydrogens is 519 g/mol. The Balaban J connectivity index is 1.32. The number of nitrogens with one attached hydrogen (secondary N) is 3. The Morgan fingerprint density at radius 2 is 1.59 bits per heavy atom. The topological polar surface area (TPSA) is 95.6 Å². The monoisotopic (exact) mass is 538 g/mol. The van der Waals surface area contributed by atoms with Crippen LogP contribution in [0.4, 0.5) is 27.8 Å². The third-order valence-corrected chi connectivity index (χ3v) is 5.94. The van der Waals surface area contributed by atoms with Gasteiger partial charge in [-0.25, -0.2) is 18.7 Å². The number of hydrogen-bond donors (Lipinski definition) is 3. The summed E-state index contributed by atoms with van der Waals surface area (Å²) in [7, 11) is 0. The van der Waals surface area contributed by atoms with Gasteiger partial charge in [0.15, 0.2) is 17.3 Å². The van der Waals surface area contributed by atoms with Gasteiger partial charge in [0, 0.05) is 36.4 Å². The maximum atomic E-state index is 13.5. The van der Waals surface area contributed by atoms with Gasteiger partial charge in [0.2, 0.25) is 0 Å². The number of aromatic nitrogens is 4. The van der Waals surface area contributed by atoms with E-state index in [4.69, 9.17) is 0 Å². The molecule has 0 aliphatic heterocycles. The summed E-state index contributed by atoms with van der Waals surface area (Å²) in [6, 6.07) is 13.1. The molecule has 12 heteroatoms. The lowest BCUT2D eigenvalue weighted by atomic mass is 10.0. The molecule has 0 aliphatic rings. The van der Waals surface area contributed by atoms with E-state index in [1.807, 2.05) is 30.3 Å². The van der Waals surface area contributed by atoms with Crippen molar-refractivity contribution in [1.29, 1.82) is 0 Å². The van der Waals surface area contributed by atoms with Crippen molar-refractivity contribution in [3.8, 4) is 11.1 Å². The molecule has 7 nitrogen and oxygen atoms in total. The third kappa shape index (κ3) is 5.84. The first-order valence-corrected chi connectivity index (χ1v) is 11.6. The Bertz CT molecular complexity index is 1650. The van der Waals surface area contributed by atoms with Gasteiger partial charge in [0.25, 0.3) is 5.91 Å². The van der Waals surface area contributed by atoms with Crippen LogP contribution >= 0.6 is 0 Å². The normalized spacial score (nSPS) is 11.5. The molecule has 0 aliphatic carbocycles. The van der Waals surface area contributed by atoms with Crippen LogP contribution in [0.5, 0.6) is 0 Å². The fourth-order valence-electron chi connectivity index (χ4n) is 3.86. The Morgan fingerprint density at radius 1 is 0.821 bits per heavy atom. The maximum absolute atomic E-state index is 13.5. The number of halogens is 5. The van der Waals surface area contributed by atoms with Crippen LogP contribution in [-0.4, -0.2) is 26.1 Å². The summed E-state index contributed by atoms with van der Waals surface area (Å²) >= 11 is 0. The molecule has 2 aromatic carbocycles. The third-order valence-electron chi connectivity index (χ3n) is 5.94. The molecule has 198 valence electrons. The van der Waals surface area contributed by atoms with E-state index in [9.17, 15) is 26.7 Å². The fraction of sp³-hybridized carbons (Fsp3) is 0.111. The van der Waals surface area contributed by atoms with Gasteiger partial charge in [0.05, 0.1) is 17.3 Å². The first-order valence-electron chi connectivity index (χ1n) is 11.6. The van der Waals surface area contributed by atoms with Gasteiger partial charge in [-0.1, -0.05) is 30.3 Å². The number of carbonyl (C=O) groups excluding carboxylic acids is 1. The number of fused-ring (bicyclic) bond motifs is 1. The maximum Gasteiger partial charge on any atom is 0.417 e. The molecule has 5 aromatic rings. The number of amides is 1. The molecule has 0 saturated carbocycles. The van der Waals surface area contributed by atoms with E-state index in [-0.39, 0.29) is 30.0 Å². The molecule has 0 saturated heterocycles. The molecule has 3 N–H and O–H groups in total. The summed E-state index contributed by atoms with van der Waals surface area (Å²) in [4.78, 5) is 21.0. The molecule has 1 amide bonds. The fourth-order valence-corrected chi connectivity index (χ4v) is 3.86. The highest BCUT2D eigenvalue weighted by atomic mass is 19.4. The number of aromatic amines is 1. The lowest BCUT2D eigenvalue weighted by Crippen LogP contribution is -2.25. The minimum absolute atomic E-state index is 0.0653. The van der Waals surface area contributed by atoms with Gasteiger partial charge in [-0.2, -0.15) is 18.3 Å². The lowest BCUT2D eigenvalue weighted by molar-refractivity contribution is -0.137. The summed E-state index contributed by atoms with van der Waals surface area (Å²) in [6.45, 7) is -0.0617. The summed E-state index contributed by atoms with van der Waals surface area (Å²) in [5.41, 5.74) is 2.03. The van der Waals surface area contributed by atoms with Crippen LogP contribution in [0.1, 0.15) is 27.0 Å². The summed E-state index contributed by atoms with van der Waals surface area (Å²) in [5.74, 6) is -3.08. The Labute approximate surface area is 218 Å². The van der Waals surface area contributed by atoms with Gasteiger partial charge >= 0.3 is 6.18 Å². The molecule has 5 rings (SSSR count). The molecule has 3 aromatic heterocycles. The number of nitrogens with zero attached hydrogens (tertiary/aromatic N) is 3. The van der Waals surface area contributed by atoms with Crippen molar-refractivity contribution < 1.29 is 26.7 Å². The number of carbonyl (C=O) groups is 1. The first-order chi connectivity index (χ1) is 18.7. The minimum Gasteiger partial charge on any atom is -0.365 e. The number of rotatable bonds is 7. The van der Waals surface area contributed by atoms with E-state index in [0.29, 0.717) is 17.9 Å². The van der Waals surface area contributed by atoms with Gasteiger partial charge in [-0.15, -0.1) is 0 Å². The SMILES string of the molecule is O=C(NCc1ccc(F)c(F)c1)c1cc(C(F)(F)F)cnc1NCc1ccc(-c2cnc3[nH]ncc3c2)cc1. The smallest absolute Gasteiger partial charge is 0.365 e. The number of alkyl halides is 3. The van der Waals surface area contributed by atoms with Crippen molar-refractivity contribution in [2.24, 2.45) is 0 Å². The van der Waals surface area contributed by atoms with E-state index in [1.165, 1.54) is 6.07 Å². The standard InChI is InChI=1S/C27H19F5N6O/c28-22-6-3-16(7-23(22)29)11-36-26(39)21-9-20(27(30,31)32)14-35-25(21)33-10-15-1-4-17(5-2-15)18-8-19-13-37-38-24(19)34-12-18/h1-9,12-14H,10-11H2,(H,33,35)(H,36,39)(H,34,37,38). The van der Waals surface area contributed by atoms with E-state index < -0.39 is 29.3 Å². The van der Waals surface area contributed by atoms with E-state index >= 15 is 0 Å². The second kappa shape index (κ2) is 10.5. The van der Waals surface area contributed by atoms with Crippen molar-refractivity contribution >= 4 is 22.8 Å². The molecule has 3 heterocycles. The molecule has 39 heavy (non-hydrogen) atoms. The van der Waals surface area contributed by atoms with Crippen LogP contribution < -0.4 is 10.6 Å². The van der Waals surface area contributed by atoms with Gasteiger partial charge in [0.1, 0.15) is 5.82 Å². The number of pyridine rings is 2. The van der Waals surface area contributed by atoms with Crippen molar-refractivity contribution in [1.82, 2.24) is 25.5 Å². The zero-order chi connectivity index (χ0) is 27.6. The van der Waals surface area contributed by atoms with Crippen molar-refractivity contribution in [2.45, 2.75) is 19.3 Å². The lowest BCUT2D eigenvalue weighted by Gasteiger charge is -2.15. The molecule has 0 bridgehead atoms. The molecule has 0 fully saturated rings. The van der Waals surface area contributed by atoms with Crippen LogP contribution in [0.2, 0.25) is 0 Å². The quantitative estimate of drug-likeness (QED) is 0.226. The van der Waals surface area contributed by atoms with Crippen LogP contribution in [-0.2, 0) is 19.3 Å². The van der Waals surface area contributed by atoms with Gasteiger partial charge < -0.3 is 10.6 Å². The summed E-state index contributed by atoms with van der Waals surface area (Å²) < 4.78 is 66.6. The highest BCUT2D eigenvalue weighted by Crippen LogP contribution is 2.31. The van der Waals surface area contributed by atoms with Crippen molar-refractivity contribution in [2.75, 3.05) is 5.32 Å². The molecule has 0 unspecified atom stereocenters. The van der Waals surface area contributed by atoms with Gasteiger partial charge in [-0.3, -0.25) is 9.89 Å². The number of hydrogen-bond acceptors (Lipinski definition) is 5. The highest BCUT2D eigenvalue weighted by Gasteiger charge is 2.32. The van der Waals surface area contributed by atoms with Crippen LogP contribution in [0.3, 0.4) is 0 Å². The highest BCUT2D eigenvalue weighted by molar-refractivity contribution is 5.99. The van der Waals surface area contributed by atoms with Crippen LogP contribution in [0.25, 0.3) is 22.2 Å². The first kappa shape index (κ1) is 25.8. The molecule has 0 radical (unpaired) electrons. The Kier molecular flexibility index (Phi) is 6.92. The number of benzene rings is 2.